The maximum absolute atomic E-state index is 15.6. The zero-order chi connectivity index (χ0) is 41.2. The normalized spacial score (nSPS) is 12.9. The number of benzene rings is 2. The number of aromatic nitrogens is 4. The van der Waals surface area contributed by atoms with Crippen LogP contribution >= 0.6 is 0 Å². The number of aliphatic hydroxyl groups is 1. The fourth-order valence-corrected chi connectivity index (χ4v) is 7.09. The number of amides is 1. The summed E-state index contributed by atoms with van der Waals surface area (Å²) in [5.74, 6) is -4.47. The number of nitrogens with two attached hydrogens (primary N) is 1. The highest BCUT2D eigenvalue weighted by molar-refractivity contribution is 5.94. The summed E-state index contributed by atoms with van der Waals surface area (Å²) in [4.78, 5) is 38.2. The molecule has 0 saturated heterocycles. The minimum Gasteiger partial charge on any atom is -0.390 e. The number of carbonyl (C=O) groups is 2. The number of rotatable bonds is 14. The van der Waals surface area contributed by atoms with Crippen LogP contribution in [-0.4, -0.2) is 36.3 Å². The average molecular weight is 798 g/mol. The number of aliphatic hydroxyl groups excluding tert-OH is 1. The third kappa shape index (κ3) is 10.4. The second-order valence-corrected chi connectivity index (χ2v) is 13.8. The van der Waals surface area contributed by atoms with Crippen molar-refractivity contribution in [3.63, 3.8) is 0 Å². The number of Topliss-reactive ketones (excluding diaryl/α,β-unsaturated/α-hetero) is 1. The number of pyridine rings is 3. The van der Waals surface area contributed by atoms with Crippen LogP contribution in [0, 0.1) is 17.5 Å². The minimum absolute atomic E-state index is 0.0111. The summed E-state index contributed by atoms with van der Waals surface area (Å²) in [6.07, 6.45) is 4.47. The predicted octanol–water partition coefficient (Wildman–Crippen LogP) is 8.17. The highest BCUT2D eigenvalue weighted by atomic mass is 19.3. The van der Waals surface area contributed by atoms with Crippen molar-refractivity contribution in [3.8, 4) is 11.1 Å². The summed E-state index contributed by atoms with van der Waals surface area (Å²) in [6, 6.07) is 20.5. The summed E-state index contributed by atoms with van der Waals surface area (Å²) in [5.41, 5.74) is 8.36. The van der Waals surface area contributed by atoms with E-state index in [4.69, 9.17) is 15.6 Å². The molecule has 7 rings (SSSR count). The van der Waals surface area contributed by atoms with E-state index >= 15 is 8.78 Å². The van der Waals surface area contributed by atoms with E-state index in [0.29, 0.717) is 58.7 Å². The lowest BCUT2D eigenvalue weighted by Crippen LogP contribution is -2.20. The van der Waals surface area contributed by atoms with Gasteiger partial charge >= 0.3 is 6.11 Å². The van der Waals surface area contributed by atoms with Gasteiger partial charge < -0.3 is 20.1 Å². The van der Waals surface area contributed by atoms with E-state index in [1.54, 1.807) is 47.2 Å². The molecule has 0 aliphatic heterocycles. The van der Waals surface area contributed by atoms with Crippen molar-refractivity contribution in [2.24, 2.45) is 5.73 Å². The van der Waals surface area contributed by atoms with Gasteiger partial charge in [-0.25, -0.2) is 13.2 Å². The lowest BCUT2D eigenvalue weighted by molar-refractivity contribution is -0.256. The Morgan fingerprint density at radius 1 is 0.845 bits per heavy atom. The van der Waals surface area contributed by atoms with Crippen LogP contribution < -0.4 is 5.73 Å². The zero-order valence-electron chi connectivity index (χ0n) is 31.3. The lowest BCUT2D eigenvalue weighted by Gasteiger charge is -2.21. The van der Waals surface area contributed by atoms with E-state index in [2.05, 4.69) is 15.0 Å². The van der Waals surface area contributed by atoms with Crippen LogP contribution in [0.2, 0.25) is 0 Å². The topological polar surface area (TPSA) is 133 Å². The number of halogens is 5. The zero-order valence-corrected chi connectivity index (χ0v) is 31.3. The van der Waals surface area contributed by atoms with Gasteiger partial charge in [0.05, 0.1) is 48.0 Å². The Bertz CT molecular complexity index is 2340. The highest BCUT2D eigenvalue weighted by Crippen LogP contribution is 2.39. The first-order chi connectivity index (χ1) is 27.9. The molecule has 14 heteroatoms. The summed E-state index contributed by atoms with van der Waals surface area (Å²) >= 11 is 0. The lowest BCUT2D eigenvalue weighted by atomic mass is 9.86. The van der Waals surface area contributed by atoms with Crippen LogP contribution in [0.1, 0.15) is 75.0 Å². The van der Waals surface area contributed by atoms with Gasteiger partial charge in [0.1, 0.15) is 17.5 Å². The van der Waals surface area contributed by atoms with Gasteiger partial charge in [-0.15, -0.1) is 0 Å². The summed E-state index contributed by atoms with van der Waals surface area (Å²) < 4.78 is 80.6. The minimum atomic E-state index is -3.64. The van der Waals surface area contributed by atoms with Gasteiger partial charge in [0, 0.05) is 54.4 Å². The van der Waals surface area contributed by atoms with Gasteiger partial charge in [0.2, 0.25) is 0 Å². The molecule has 1 aliphatic rings. The number of ether oxygens (including phenoxy) is 1. The third-order valence-electron chi connectivity index (χ3n) is 9.72. The summed E-state index contributed by atoms with van der Waals surface area (Å²) in [5, 5.41) is 8.48. The Labute approximate surface area is 331 Å². The monoisotopic (exact) mass is 797 g/mol. The molecule has 0 saturated carbocycles. The van der Waals surface area contributed by atoms with Crippen LogP contribution in [0.25, 0.3) is 11.1 Å². The second-order valence-electron chi connectivity index (χ2n) is 13.8. The first-order valence-corrected chi connectivity index (χ1v) is 18.6. The fourth-order valence-electron chi connectivity index (χ4n) is 7.09. The van der Waals surface area contributed by atoms with Crippen molar-refractivity contribution in [2.45, 2.75) is 70.3 Å². The van der Waals surface area contributed by atoms with E-state index in [1.165, 1.54) is 30.7 Å². The summed E-state index contributed by atoms with van der Waals surface area (Å²) in [7, 11) is 0. The van der Waals surface area contributed by atoms with Crippen molar-refractivity contribution in [3.05, 3.63) is 172 Å². The number of ketones is 1. The van der Waals surface area contributed by atoms with Gasteiger partial charge in [-0.3, -0.25) is 24.5 Å². The van der Waals surface area contributed by atoms with Gasteiger partial charge in [0.25, 0.3) is 5.91 Å². The first-order valence-electron chi connectivity index (χ1n) is 18.6. The van der Waals surface area contributed by atoms with E-state index in [1.807, 2.05) is 12.1 Å². The Morgan fingerprint density at radius 3 is 2.19 bits per heavy atom. The number of nitrogens with zero attached hydrogens (tertiary/aromatic N) is 4. The number of alkyl halides is 2. The molecule has 1 amide bonds. The van der Waals surface area contributed by atoms with Crippen molar-refractivity contribution in [2.75, 3.05) is 0 Å². The largest absolute Gasteiger partial charge is 0.390 e. The quantitative estimate of drug-likeness (QED) is 0.106. The molecule has 1 atom stereocenters. The molecule has 58 heavy (non-hydrogen) atoms. The second kappa shape index (κ2) is 18.9. The number of fused-ring (bicyclic) bond motifs is 1. The molecule has 4 heterocycles. The van der Waals surface area contributed by atoms with Gasteiger partial charge in [-0.2, -0.15) is 8.78 Å². The van der Waals surface area contributed by atoms with Crippen molar-refractivity contribution >= 4 is 11.7 Å². The number of hydrogen-bond donors (Lipinski definition) is 2. The van der Waals surface area contributed by atoms with E-state index in [0.717, 1.165) is 30.7 Å². The molecule has 2 aromatic carbocycles. The molecule has 1 aliphatic carbocycles. The molecular formula is C44H40F5N5O4. The van der Waals surface area contributed by atoms with Crippen LogP contribution in [0.4, 0.5) is 22.0 Å². The molecule has 0 radical (unpaired) electrons. The first kappa shape index (κ1) is 41.5. The number of primary amides is 1. The Balaban J connectivity index is 0.000000633. The average Bonchev–Trinajstić information content (AvgIpc) is 3.59. The molecule has 300 valence electrons. The predicted molar refractivity (Wildman–Crippen MR) is 205 cm³/mol. The van der Waals surface area contributed by atoms with Gasteiger partial charge in [-0.05, 0) is 103 Å². The van der Waals surface area contributed by atoms with Crippen LogP contribution in [-0.2, 0) is 54.7 Å². The van der Waals surface area contributed by atoms with Crippen molar-refractivity contribution < 1.29 is 41.4 Å². The molecule has 0 spiro atoms. The van der Waals surface area contributed by atoms with Crippen molar-refractivity contribution in [1.29, 1.82) is 0 Å². The molecule has 0 bridgehead atoms. The smallest absolute Gasteiger partial charge is 0.385 e. The molecular weight excluding hydrogens is 758 g/mol. The van der Waals surface area contributed by atoms with Gasteiger partial charge in [-0.1, -0.05) is 24.3 Å². The molecule has 9 nitrogen and oxygen atoms in total. The van der Waals surface area contributed by atoms with Gasteiger partial charge in [0.15, 0.2) is 5.78 Å². The molecule has 3 N–H and O–H groups in total. The summed E-state index contributed by atoms with van der Waals surface area (Å²) in [6.45, 7) is -0.617. The SMILES string of the molecule is NC(=O)c1cc(-c2cccnc2[C@@H](CC(=O)Cn2cc(C(F)(F)OCc3ccccn3)c3c2CCCC3)Cc2cc(F)cc(F)c2)ccc1F.OCc1ccccn1. The van der Waals surface area contributed by atoms with Crippen LogP contribution in [0.5, 0.6) is 0 Å². The Hall–Kier alpha value is -6.12. The van der Waals surface area contributed by atoms with E-state index < -0.39 is 42.0 Å². The molecule has 6 aromatic rings. The highest BCUT2D eigenvalue weighted by Gasteiger charge is 2.39. The Morgan fingerprint density at radius 2 is 1.53 bits per heavy atom. The van der Waals surface area contributed by atoms with E-state index in [-0.39, 0.29) is 48.5 Å². The van der Waals surface area contributed by atoms with Crippen LogP contribution in [0.3, 0.4) is 0 Å². The molecule has 0 fully saturated rings. The maximum atomic E-state index is 15.6. The van der Waals surface area contributed by atoms with Crippen molar-refractivity contribution in [1.82, 2.24) is 19.5 Å². The Kier molecular flexibility index (Phi) is 13.5. The van der Waals surface area contributed by atoms with Crippen LogP contribution in [0.15, 0.2) is 110 Å². The van der Waals surface area contributed by atoms with E-state index in [9.17, 15) is 22.8 Å². The maximum Gasteiger partial charge on any atom is 0.385 e. The third-order valence-corrected chi connectivity index (χ3v) is 9.72. The number of hydrogen-bond acceptors (Lipinski definition) is 7. The fraction of sp³-hybridized carbons (Fsp3) is 0.250. The molecule has 0 unspecified atom stereocenters. The molecule has 4 aromatic heterocycles. The number of carbonyl (C=O) groups excluding carboxylic acids is 2. The standard InChI is InChI=1S/C38H33F5N4O3.C6H7NO/c39-26-15-23(16-27(40)19-26)14-25(36-30(8-5-13-46-36)24-10-11-34(41)32(18-24)37(44)49)17-29(48)20-47-21-33(31-7-1-2-9-35(31)47)38(42,43)50-22-28-6-3-4-12-45-28;8-5-6-3-1-2-4-7-6/h3-6,8,10-13,15-16,18-19,21,25H,1-2,7,9,14,17,20,22H2,(H2,44,49);1-4,8H,5H2/t25-;/m1./s1.